The molecule has 0 aliphatic rings. The van der Waals surface area contributed by atoms with Crippen molar-refractivity contribution >= 4 is 48.9 Å². The SMILES string of the molecule is CN(C)c1cc(N)c2nc(Br)sc2c1. The summed E-state index contributed by atoms with van der Waals surface area (Å²) in [5, 5.41) is 0. The van der Waals surface area contributed by atoms with Crippen molar-refractivity contribution in [2.75, 3.05) is 24.7 Å². The largest absolute Gasteiger partial charge is 0.397 e. The predicted octanol–water partition coefficient (Wildman–Crippen LogP) is 2.71. The molecular formula is C9H10BrN3S. The third-order valence-electron chi connectivity index (χ3n) is 2.00. The minimum Gasteiger partial charge on any atom is -0.397 e. The molecule has 0 saturated heterocycles. The number of nitrogens with two attached hydrogens (primary N) is 1. The van der Waals surface area contributed by atoms with Crippen molar-refractivity contribution < 1.29 is 0 Å². The summed E-state index contributed by atoms with van der Waals surface area (Å²) in [6.07, 6.45) is 0. The topological polar surface area (TPSA) is 42.1 Å². The Labute approximate surface area is 94.7 Å². The van der Waals surface area contributed by atoms with Gasteiger partial charge in [0, 0.05) is 19.8 Å². The number of nitrogen functional groups attached to an aromatic ring is 1. The summed E-state index contributed by atoms with van der Waals surface area (Å²) in [6.45, 7) is 0. The molecule has 0 atom stereocenters. The molecule has 0 fully saturated rings. The molecule has 74 valence electrons. The molecule has 1 heterocycles. The predicted molar refractivity (Wildman–Crippen MR) is 66.1 cm³/mol. The van der Waals surface area contributed by atoms with Crippen LogP contribution in [0.25, 0.3) is 10.2 Å². The van der Waals surface area contributed by atoms with E-state index in [1.165, 1.54) is 0 Å². The highest BCUT2D eigenvalue weighted by atomic mass is 79.9. The van der Waals surface area contributed by atoms with Gasteiger partial charge in [0.25, 0.3) is 0 Å². The van der Waals surface area contributed by atoms with Crippen LogP contribution < -0.4 is 10.6 Å². The van der Waals surface area contributed by atoms with Crippen molar-refractivity contribution in [3.8, 4) is 0 Å². The van der Waals surface area contributed by atoms with E-state index in [1.807, 2.05) is 25.1 Å². The van der Waals surface area contributed by atoms with Gasteiger partial charge in [0.2, 0.25) is 0 Å². The van der Waals surface area contributed by atoms with Crippen molar-refractivity contribution in [3.63, 3.8) is 0 Å². The molecule has 14 heavy (non-hydrogen) atoms. The van der Waals surface area contributed by atoms with Crippen LogP contribution in [0.4, 0.5) is 11.4 Å². The van der Waals surface area contributed by atoms with Gasteiger partial charge < -0.3 is 10.6 Å². The molecule has 2 N–H and O–H groups in total. The Morgan fingerprint density at radius 2 is 2.14 bits per heavy atom. The van der Waals surface area contributed by atoms with Crippen LogP contribution in [0.1, 0.15) is 0 Å². The number of hydrogen-bond acceptors (Lipinski definition) is 4. The number of anilines is 2. The van der Waals surface area contributed by atoms with E-state index in [0.717, 1.165) is 25.5 Å². The summed E-state index contributed by atoms with van der Waals surface area (Å²) in [6, 6.07) is 4.03. The maximum Gasteiger partial charge on any atom is 0.160 e. The monoisotopic (exact) mass is 271 g/mol. The van der Waals surface area contributed by atoms with Crippen LogP contribution in [0.3, 0.4) is 0 Å². The summed E-state index contributed by atoms with van der Waals surface area (Å²) in [5.74, 6) is 0. The third kappa shape index (κ3) is 1.57. The zero-order valence-corrected chi connectivity index (χ0v) is 10.3. The first kappa shape index (κ1) is 9.73. The van der Waals surface area contributed by atoms with Crippen LogP contribution in [0.15, 0.2) is 16.0 Å². The lowest BCUT2D eigenvalue weighted by atomic mass is 10.2. The van der Waals surface area contributed by atoms with E-state index >= 15 is 0 Å². The van der Waals surface area contributed by atoms with Crippen LogP contribution in [0.2, 0.25) is 0 Å². The van der Waals surface area contributed by atoms with Gasteiger partial charge in [0.1, 0.15) is 5.52 Å². The lowest BCUT2D eigenvalue weighted by Gasteiger charge is -2.12. The molecular weight excluding hydrogens is 262 g/mol. The molecule has 2 rings (SSSR count). The maximum atomic E-state index is 5.90. The molecule has 0 radical (unpaired) electrons. The molecule has 0 spiro atoms. The zero-order valence-electron chi connectivity index (χ0n) is 7.91. The molecule has 1 aromatic heterocycles. The van der Waals surface area contributed by atoms with Gasteiger partial charge in [-0.25, -0.2) is 4.98 Å². The van der Waals surface area contributed by atoms with Gasteiger partial charge in [-0.2, -0.15) is 0 Å². The standard InChI is InChI=1S/C9H10BrN3S/c1-13(2)5-3-6(11)8-7(4-5)14-9(10)12-8/h3-4H,11H2,1-2H3. The van der Waals surface area contributed by atoms with Crippen LogP contribution in [0, 0.1) is 0 Å². The van der Waals surface area contributed by atoms with Gasteiger partial charge in [-0.1, -0.05) is 0 Å². The number of rotatable bonds is 1. The number of thiazole rings is 1. The van der Waals surface area contributed by atoms with Gasteiger partial charge in [0.05, 0.1) is 10.4 Å². The second-order valence-corrected chi connectivity index (χ2v) is 5.55. The Morgan fingerprint density at radius 1 is 1.43 bits per heavy atom. The van der Waals surface area contributed by atoms with Gasteiger partial charge in [-0.3, -0.25) is 0 Å². The molecule has 2 aromatic rings. The summed E-state index contributed by atoms with van der Waals surface area (Å²) in [5.41, 5.74) is 8.62. The lowest BCUT2D eigenvalue weighted by Crippen LogP contribution is -2.08. The fraction of sp³-hybridized carbons (Fsp3) is 0.222. The minimum atomic E-state index is 0.730. The molecule has 0 aliphatic carbocycles. The van der Waals surface area contributed by atoms with E-state index in [4.69, 9.17) is 5.73 Å². The number of benzene rings is 1. The van der Waals surface area contributed by atoms with E-state index in [-0.39, 0.29) is 0 Å². The molecule has 0 bridgehead atoms. The second kappa shape index (κ2) is 3.40. The van der Waals surface area contributed by atoms with Crippen molar-refractivity contribution in [2.24, 2.45) is 0 Å². The smallest absolute Gasteiger partial charge is 0.160 e. The first-order chi connectivity index (χ1) is 6.58. The Hall–Kier alpha value is -0.810. The molecule has 0 saturated carbocycles. The van der Waals surface area contributed by atoms with Crippen LogP contribution in [-0.2, 0) is 0 Å². The van der Waals surface area contributed by atoms with Gasteiger partial charge in [0.15, 0.2) is 3.92 Å². The average Bonchev–Trinajstić information content (AvgIpc) is 2.45. The van der Waals surface area contributed by atoms with E-state index in [0.29, 0.717) is 0 Å². The van der Waals surface area contributed by atoms with E-state index in [9.17, 15) is 0 Å². The highest BCUT2D eigenvalue weighted by Gasteiger charge is 2.07. The average molecular weight is 272 g/mol. The summed E-state index contributed by atoms with van der Waals surface area (Å²) in [7, 11) is 3.99. The Bertz CT molecular complexity index is 478. The fourth-order valence-electron chi connectivity index (χ4n) is 1.27. The molecule has 5 heteroatoms. The van der Waals surface area contributed by atoms with Crippen LogP contribution in [-0.4, -0.2) is 19.1 Å². The van der Waals surface area contributed by atoms with E-state index in [2.05, 4.69) is 27.0 Å². The second-order valence-electron chi connectivity index (χ2n) is 3.24. The number of fused-ring (bicyclic) bond motifs is 1. The zero-order chi connectivity index (χ0) is 10.3. The fourth-order valence-corrected chi connectivity index (χ4v) is 2.73. The molecule has 0 aliphatic heterocycles. The first-order valence-corrected chi connectivity index (χ1v) is 5.72. The van der Waals surface area contributed by atoms with Crippen molar-refractivity contribution in [2.45, 2.75) is 0 Å². The third-order valence-corrected chi connectivity index (χ3v) is 3.45. The highest BCUT2D eigenvalue weighted by molar-refractivity contribution is 9.11. The van der Waals surface area contributed by atoms with Gasteiger partial charge >= 0.3 is 0 Å². The number of nitrogens with zero attached hydrogens (tertiary/aromatic N) is 2. The maximum absolute atomic E-state index is 5.90. The minimum absolute atomic E-state index is 0.730. The number of aromatic nitrogens is 1. The lowest BCUT2D eigenvalue weighted by molar-refractivity contribution is 1.14. The van der Waals surface area contributed by atoms with Crippen LogP contribution >= 0.6 is 27.3 Å². The quantitative estimate of drug-likeness (QED) is 0.811. The molecule has 0 amide bonds. The number of halogens is 1. The normalized spacial score (nSPS) is 10.8. The van der Waals surface area contributed by atoms with E-state index in [1.54, 1.807) is 11.3 Å². The number of hydrogen-bond donors (Lipinski definition) is 1. The van der Waals surface area contributed by atoms with Crippen LogP contribution in [0.5, 0.6) is 0 Å². The molecule has 1 aromatic carbocycles. The first-order valence-electron chi connectivity index (χ1n) is 4.11. The highest BCUT2D eigenvalue weighted by Crippen LogP contribution is 2.33. The van der Waals surface area contributed by atoms with E-state index < -0.39 is 0 Å². The summed E-state index contributed by atoms with van der Waals surface area (Å²) >= 11 is 4.96. The Morgan fingerprint density at radius 3 is 2.79 bits per heavy atom. The summed E-state index contributed by atoms with van der Waals surface area (Å²) in [4.78, 5) is 6.34. The summed E-state index contributed by atoms with van der Waals surface area (Å²) < 4.78 is 1.98. The molecule has 3 nitrogen and oxygen atoms in total. The van der Waals surface area contributed by atoms with Crippen molar-refractivity contribution in [1.82, 2.24) is 4.98 Å². The van der Waals surface area contributed by atoms with Crippen molar-refractivity contribution in [3.05, 3.63) is 16.0 Å². The van der Waals surface area contributed by atoms with Crippen molar-refractivity contribution in [1.29, 1.82) is 0 Å². The van der Waals surface area contributed by atoms with Gasteiger partial charge in [-0.15, -0.1) is 11.3 Å². The molecule has 0 unspecified atom stereocenters. The van der Waals surface area contributed by atoms with Gasteiger partial charge in [-0.05, 0) is 28.1 Å². The Kier molecular flexibility index (Phi) is 2.36. The Balaban J connectivity index is 2.71.